The predicted molar refractivity (Wildman–Crippen MR) is 59.2 cm³/mol. The zero-order valence-corrected chi connectivity index (χ0v) is 11.0. The molecule has 13 heteroatoms. The Bertz CT molecular complexity index is 501. The van der Waals surface area contributed by atoms with Crippen LogP contribution >= 0.6 is 0 Å². The monoisotopic (exact) mass is 352 g/mol. The number of amides is 1. The SMILES string of the molecule is O=C(O)CCNC(=O)C1=NOC(C(O)(C(F)(F)F)C(F)(F)F)C1. The normalized spacial score (nSPS) is 19.1. The number of oxime groups is 1. The van der Waals surface area contributed by atoms with Crippen molar-refractivity contribution in [3.05, 3.63) is 0 Å². The lowest BCUT2D eigenvalue weighted by atomic mass is 9.91. The van der Waals surface area contributed by atoms with Crippen LogP contribution in [0, 0.1) is 0 Å². The second kappa shape index (κ2) is 6.22. The fraction of sp³-hybridized carbons (Fsp3) is 0.700. The lowest BCUT2D eigenvalue weighted by Gasteiger charge is -2.35. The number of rotatable bonds is 5. The van der Waals surface area contributed by atoms with E-state index in [-0.39, 0.29) is 0 Å². The molecular formula is C10H10F6N2O5. The summed E-state index contributed by atoms with van der Waals surface area (Å²) in [5.41, 5.74) is -6.03. The second-order valence-electron chi connectivity index (χ2n) is 4.50. The summed E-state index contributed by atoms with van der Waals surface area (Å²) in [5.74, 6) is -2.48. The molecule has 3 N–H and O–H groups in total. The zero-order chi connectivity index (χ0) is 18.1. The van der Waals surface area contributed by atoms with Crippen LogP contribution in [0.1, 0.15) is 12.8 Å². The van der Waals surface area contributed by atoms with Gasteiger partial charge in [0.1, 0.15) is 5.71 Å². The van der Waals surface area contributed by atoms with Crippen LogP contribution in [0.15, 0.2) is 5.16 Å². The van der Waals surface area contributed by atoms with Crippen molar-refractivity contribution in [2.45, 2.75) is 36.9 Å². The minimum Gasteiger partial charge on any atom is -0.481 e. The third kappa shape index (κ3) is 3.83. The largest absolute Gasteiger partial charge is 0.481 e. The van der Waals surface area contributed by atoms with Gasteiger partial charge in [-0.15, -0.1) is 0 Å². The molecule has 1 atom stereocenters. The summed E-state index contributed by atoms with van der Waals surface area (Å²) < 4.78 is 75.6. The molecule has 0 aliphatic carbocycles. The maximum atomic E-state index is 12.6. The fourth-order valence-electron chi connectivity index (χ4n) is 1.65. The van der Waals surface area contributed by atoms with E-state index in [0.717, 1.165) is 0 Å². The van der Waals surface area contributed by atoms with Gasteiger partial charge in [-0.1, -0.05) is 5.16 Å². The molecule has 7 nitrogen and oxygen atoms in total. The van der Waals surface area contributed by atoms with Crippen LogP contribution in [0.4, 0.5) is 26.3 Å². The van der Waals surface area contributed by atoms with Crippen LogP contribution in [-0.2, 0) is 14.4 Å². The molecule has 0 fully saturated rings. The van der Waals surface area contributed by atoms with E-state index in [1.807, 2.05) is 5.32 Å². The van der Waals surface area contributed by atoms with Crippen LogP contribution in [0.25, 0.3) is 0 Å². The van der Waals surface area contributed by atoms with Crippen molar-refractivity contribution in [3.63, 3.8) is 0 Å². The summed E-state index contributed by atoms with van der Waals surface area (Å²) in [5, 5.41) is 22.1. The number of nitrogens with one attached hydrogen (secondary N) is 1. The highest BCUT2D eigenvalue weighted by Crippen LogP contribution is 2.47. The van der Waals surface area contributed by atoms with E-state index >= 15 is 0 Å². The molecule has 1 heterocycles. The molecule has 0 aromatic heterocycles. The third-order valence-electron chi connectivity index (χ3n) is 2.89. The number of aliphatic carboxylic acids is 1. The highest BCUT2D eigenvalue weighted by molar-refractivity contribution is 6.39. The van der Waals surface area contributed by atoms with Crippen LogP contribution in [0.5, 0.6) is 0 Å². The highest BCUT2D eigenvalue weighted by atomic mass is 19.4. The van der Waals surface area contributed by atoms with Crippen molar-refractivity contribution in [1.82, 2.24) is 5.32 Å². The summed E-state index contributed by atoms with van der Waals surface area (Å²) >= 11 is 0. The number of carboxylic acids is 1. The van der Waals surface area contributed by atoms with E-state index in [9.17, 15) is 35.9 Å². The van der Waals surface area contributed by atoms with E-state index in [1.54, 1.807) is 0 Å². The smallest absolute Gasteiger partial charge is 0.430 e. The number of carbonyl (C=O) groups is 2. The molecule has 0 aromatic carbocycles. The van der Waals surface area contributed by atoms with Gasteiger partial charge in [-0.25, -0.2) is 0 Å². The van der Waals surface area contributed by atoms with Crippen molar-refractivity contribution in [3.8, 4) is 0 Å². The molecular weight excluding hydrogens is 342 g/mol. The number of aliphatic hydroxyl groups is 1. The fourth-order valence-corrected chi connectivity index (χ4v) is 1.65. The Labute approximate surface area is 123 Å². The molecule has 1 amide bonds. The molecule has 0 bridgehead atoms. The van der Waals surface area contributed by atoms with Gasteiger partial charge in [0.05, 0.1) is 6.42 Å². The first-order valence-electron chi connectivity index (χ1n) is 5.89. The molecule has 1 rings (SSSR count). The van der Waals surface area contributed by atoms with Gasteiger partial charge in [0, 0.05) is 13.0 Å². The molecule has 1 aliphatic rings. The van der Waals surface area contributed by atoms with Gasteiger partial charge in [-0.2, -0.15) is 26.3 Å². The number of carboxylic acid groups (broad SMARTS) is 1. The van der Waals surface area contributed by atoms with Gasteiger partial charge in [0.2, 0.25) is 0 Å². The molecule has 0 saturated carbocycles. The Kier molecular flexibility index (Phi) is 5.13. The van der Waals surface area contributed by atoms with Crippen molar-refractivity contribution in [2.75, 3.05) is 6.54 Å². The standard InChI is InChI=1S/C10H10F6N2O5/c11-9(12,13)8(22,10(14,15)16)5-3-4(18-23-5)7(21)17-2-1-6(19)20/h5,22H,1-3H2,(H,17,21)(H,19,20). The molecule has 1 aliphatic heterocycles. The molecule has 132 valence electrons. The highest BCUT2D eigenvalue weighted by Gasteiger charge is 2.76. The van der Waals surface area contributed by atoms with Crippen LogP contribution < -0.4 is 5.32 Å². The summed E-state index contributed by atoms with van der Waals surface area (Å²) in [6.07, 6.45) is -16.9. The first kappa shape index (κ1) is 19.0. The molecule has 0 saturated heterocycles. The molecule has 0 spiro atoms. The zero-order valence-electron chi connectivity index (χ0n) is 11.0. The number of carbonyl (C=O) groups excluding carboxylic acids is 1. The lowest BCUT2D eigenvalue weighted by molar-refractivity contribution is -0.392. The maximum absolute atomic E-state index is 12.6. The van der Waals surface area contributed by atoms with Crippen molar-refractivity contribution >= 4 is 17.6 Å². The summed E-state index contributed by atoms with van der Waals surface area (Å²) in [6, 6.07) is 0. The molecule has 23 heavy (non-hydrogen) atoms. The van der Waals surface area contributed by atoms with Gasteiger partial charge in [-0.3, -0.25) is 9.59 Å². The Hall–Kier alpha value is -2.05. The van der Waals surface area contributed by atoms with Crippen LogP contribution in [0.3, 0.4) is 0 Å². The Morgan fingerprint density at radius 2 is 1.74 bits per heavy atom. The van der Waals surface area contributed by atoms with E-state index in [1.165, 1.54) is 0 Å². The van der Waals surface area contributed by atoms with Crippen LogP contribution in [0.2, 0.25) is 0 Å². The van der Waals surface area contributed by atoms with E-state index in [4.69, 9.17) is 10.2 Å². The molecule has 0 radical (unpaired) electrons. The van der Waals surface area contributed by atoms with E-state index in [0.29, 0.717) is 0 Å². The van der Waals surface area contributed by atoms with Crippen molar-refractivity contribution in [2.24, 2.45) is 5.16 Å². The minimum absolute atomic E-state index is 0.416. The first-order valence-corrected chi connectivity index (χ1v) is 5.89. The summed E-state index contributed by atoms with van der Waals surface area (Å²) in [4.78, 5) is 25.6. The number of alkyl halides is 6. The number of hydrogen-bond acceptors (Lipinski definition) is 5. The third-order valence-corrected chi connectivity index (χ3v) is 2.89. The van der Waals surface area contributed by atoms with Gasteiger partial charge in [0.15, 0.2) is 6.10 Å². The van der Waals surface area contributed by atoms with Crippen molar-refractivity contribution < 1.29 is 51.0 Å². The van der Waals surface area contributed by atoms with Crippen LogP contribution in [-0.4, -0.2) is 58.4 Å². The van der Waals surface area contributed by atoms with Crippen molar-refractivity contribution in [1.29, 1.82) is 0 Å². The van der Waals surface area contributed by atoms with Gasteiger partial charge >= 0.3 is 18.3 Å². The van der Waals surface area contributed by atoms with E-state index in [2.05, 4.69) is 9.99 Å². The quantitative estimate of drug-likeness (QED) is 0.627. The summed E-state index contributed by atoms with van der Waals surface area (Å²) in [7, 11) is 0. The Morgan fingerprint density at radius 1 is 1.22 bits per heavy atom. The molecule has 0 aromatic rings. The topological polar surface area (TPSA) is 108 Å². The average molecular weight is 352 g/mol. The summed E-state index contributed by atoms with van der Waals surface area (Å²) in [6.45, 7) is -0.416. The van der Waals surface area contributed by atoms with Gasteiger partial charge < -0.3 is 20.4 Å². The van der Waals surface area contributed by atoms with E-state index < -0.39 is 61.0 Å². The van der Waals surface area contributed by atoms with Gasteiger partial charge in [-0.05, 0) is 0 Å². The number of hydrogen-bond donors (Lipinski definition) is 3. The second-order valence-corrected chi connectivity index (χ2v) is 4.50. The Balaban J connectivity index is 2.80. The lowest BCUT2D eigenvalue weighted by Crippen LogP contribution is -2.64. The predicted octanol–water partition coefficient (Wildman–Crippen LogP) is 0.578. The molecule has 1 unspecified atom stereocenters. The maximum Gasteiger partial charge on any atom is 0.430 e. The number of halogens is 6. The number of nitrogens with zero attached hydrogens (tertiary/aromatic N) is 1. The minimum atomic E-state index is -6.11. The first-order chi connectivity index (χ1) is 10.3. The van der Waals surface area contributed by atoms with Gasteiger partial charge in [0.25, 0.3) is 11.5 Å². The Morgan fingerprint density at radius 3 is 2.17 bits per heavy atom. The average Bonchev–Trinajstić information content (AvgIpc) is 2.84.